The summed E-state index contributed by atoms with van der Waals surface area (Å²) in [6.07, 6.45) is 0. The molecule has 0 spiro atoms. The summed E-state index contributed by atoms with van der Waals surface area (Å²) in [6.45, 7) is 2.00. The Labute approximate surface area is 108 Å². The molecule has 0 aliphatic carbocycles. The number of nitrogens with zero attached hydrogens (tertiary/aromatic N) is 1. The number of guanidine groups is 1. The van der Waals surface area contributed by atoms with Crippen LogP contribution in [-0.4, -0.2) is 22.9 Å². The average molecular weight is 298 g/mol. The summed E-state index contributed by atoms with van der Waals surface area (Å²) in [5, 5.41) is 10.9. The maximum absolute atomic E-state index is 7.76. The molecule has 1 aromatic carbocycles. The summed E-state index contributed by atoms with van der Waals surface area (Å²) in [5.41, 5.74) is 0.589. The van der Waals surface area contributed by atoms with E-state index in [0.717, 1.165) is 15.0 Å². The highest BCUT2D eigenvalue weighted by Gasteiger charge is 2.42. The van der Waals surface area contributed by atoms with Crippen LogP contribution in [0.1, 0.15) is 12.5 Å². The molecule has 0 radical (unpaired) electrons. The fourth-order valence-electron chi connectivity index (χ4n) is 1.81. The van der Waals surface area contributed by atoms with Crippen molar-refractivity contribution in [2.75, 3.05) is 7.05 Å². The van der Waals surface area contributed by atoms with Crippen LogP contribution in [0.2, 0.25) is 0 Å². The molecule has 2 N–H and O–H groups in total. The Bertz CT molecular complexity index is 474. The second kappa shape index (κ2) is 3.82. The molecule has 3 nitrogen and oxygen atoms in total. The lowest BCUT2D eigenvalue weighted by Gasteiger charge is -2.24. The van der Waals surface area contributed by atoms with E-state index in [1.807, 2.05) is 31.2 Å². The zero-order chi connectivity index (χ0) is 11.9. The van der Waals surface area contributed by atoms with Gasteiger partial charge in [0, 0.05) is 11.5 Å². The number of likely N-dealkylation sites (N-methyl/N-ethyl adjacent to an activating group) is 1. The molecule has 1 aliphatic heterocycles. The van der Waals surface area contributed by atoms with E-state index in [1.165, 1.54) is 0 Å². The Hall–Kier alpha value is -0.940. The number of nitrogens with one attached hydrogen (secondary N) is 2. The van der Waals surface area contributed by atoms with Gasteiger partial charge in [-0.1, -0.05) is 40.3 Å². The van der Waals surface area contributed by atoms with Crippen LogP contribution in [-0.2, 0) is 5.54 Å². The molecule has 16 heavy (non-hydrogen) atoms. The summed E-state index contributed by atoms with van der Waals surface area (Å²) in [4.78, 5) is 2.41. The second-order valence-corrected chi connectivity index (χ2v) is 5.28. The number of halogens is 1. The van der Waals surface area contributed by atoms with E-state index in [0.29, 0.717) is 5.96 Å². The molecule has 0 saturated carbocycles. The van der Waals surface area contributed by atoms with Gasteiger partial charge in [-0.2, -0.15) is 0 Å². The van der Waals surface area contributed by atoms with Crippen molar-refractivity contribution in [2.24, 2.45) is 0 Å². The molecular formula is C11H12BrN3S. The van der Waals surface area contributed by atoms with Crippen LogP contribution in [0.25, 0.3) is 0 Å². The van der Waals surface area contributed by atoms with E-state index in [4.69, 9.17) is 17.6 Å². The number of hydrogen-bond donors (Lipinski definition) is 2. The first-order valence-electron chi connectivity index (χ1n) is 4.86. The lowest BCUT2D eigenvalue weighted by Crippen LogP contribution is -2.39. The summed E-state index contributed by atoms with van der Waals surface area (Å²) in [6, 6.07) is 7.97. The van der Waals surface area contributed by atoms with E-state index in [9.17, 15) is 0 Å². The van der Waals surface area contributed by atoms with Gasteiger partial charge in [0.05, 0.1) is 0 Å². The molecule has 2 rings (SSSR count). The molecule has 1 saturated heterocycles. The molecule has 0 bridgehead atoms. The lowest BCUT2D eigenvalue weighted by molar-refractivity contribution is 0.616. The van der Waals surface area contributed by atoms with E-state index in [-0.39, 0.29) is 0 Å². The topological polar surface area (TPSA) is 39.1 Å². The van der Waals surface area contributed by atoms with Gasteiger partial charge >= 0.3 is 0 Å². The fraction of sp³-hybridized carbons (Fsp3) is 0.273. The largest absolute Gasteiger partial charge is 0.340 e. The first-order valence-corrected chi connectivity index (χ1v) is 6.06. The molecule has 0 aromatic heterocycles. The van der Waals surface area contributed by atoms with Crippen LogP contribution in [0.15, 0.2) is 28.7 Å². The molecule has 0 amide bonds. The summed E-state index contributed by atoms with van der Waals surface area (Å²) in [7, 11) is 1.81. The summed E-state index contributed by atoms with van der Waals surface area (Å²) < 4.78 is 1.01. The van der Waals surface area contributed by atoms with Crippen molar-refractivity contribution in [3.63, 3.8) is 0 Å². The Balaban J connectivity index is 2.48. The fourth-order valence-corrected chi connectivity index (χ4v) is 2.47. The van der Waals surface area contributed by atoms with Gasteiger partial charge in [-0.15, -0.1) is 0 Å². The number of rotatable bonds is 1. The Morgan fingerprint density at radius 2 is 2.19 bits per heavy atom. The van der Waals surface area contributed by atoms with Gasteiger partial charge in [0.15, 0.2) is 5.96 Å². The first kappa shape index (κ1) is 11.5. The minimum atomic E-state index is -0.467. The molecule has 1 atom stereocenters. The monoisotopic (exact) mass is 297 g/mol. The van der Waals surface area contributed by atoms with Crippen molar-refractivity contribution in [1.29, 1.82) is 5.41 Å². The van der Waals surface area contributed by atoms with Gasteiger partial charge in [-0.3, -0.25) is 5.41 Å². The maximum Gasteiger partial charge on any atom is 0.196 e. The van der Waals surface area contributed by atoms with Gasteiger partial charge in [0.25, 0.3) is 0 Å². The number of benzene rings is 1. The van der Waals surface area contributed by atoms with E-state index in [1.54, 1.807) is 11.9 Å². The summed E-state index contributed by atoms with van der Waals surface area (Å²) in [5.74, 6) is 0.340. The van der Waals surface area contributed by atoms with Crippen molar-refractivity contribution < 1.29 is 0 Å². The molecule has 84 valence electrons. The first-order chi connectivity index (χ1) is 7.45. The quantitative estimate of drug-likeness (QED) is 0.782. The third kappa shape index (κ3) is 1.64. The highest BCUT2D eigenvalue weighted by molar-refractivity contribution is 9.10. The zero-order valence-corrected chi connectivity index (χ0v) is 11.4. The van der Waals surface area contributed by atoms with E-state index < -0.39 is 5.54 Å². The van der Waals surface area contributed by atoms with Gasteiger partial charge in [0.2, 0.25) is 0 Å². The molecule has 1 heterocycles. The van der Waals surface area contributed by atoms with Crippen molar-refractivity contribution >= 4 is 39.1 Å². The average Bonchev–Trinajstić information content (AvgIpc) is 2.44. The molecule has 1 aliphatic rings. The third-order valence-corrected chi connectivity index (χ3v) is 4.01. The Kier molecular flexibility index (Phi) is 2.75. The zero-order valence-electron chi connectivity index (χ0n) is 9.04. The highest BCUT2D eigenvalue weighted by atomic mass is 79.9. The van der Waals surface area contributed by atoms with Crippen LogP contribution >= 0.6 is 28.1 Å². The van der Waals surface area contributed by atoms with E-state index in [2.05, 4.69) is 21.2 Å². The SMILES string of the molecule is CN1C(=N)NC(C)(c2cccc(Br)c2)C1=S. The van der Waals surface area contributed by atoms with Crippen LogP contribution in [0.4, 0.5) is 0 Å². The van der Waals surface area contributed by atoms with Crippen molar-refractivity contribution in [1.82, 2.24) is 10.2 Å². The molecular weight excluding hydrogens is 286 g/mol. The van der Waals surface area contributed by atoms with Gasteiger partial charge < -0.3 is 10.2 Å². The number of thiocarbonyl (C=S) groups is 1. The van der Waals surface area contributed by atoms with Crippen LogP contribution < -0.4 is 5.32 Å². The molecule has 5 heteroatoms. The molecule has 1 fully saturated rings. The second-order valence-electron chi connectivity index (χ2n) is 3.97. The van der Waals surface area contributed by atoms with Crippen LogP contribution in [0, 0.1) is 5.41 Å². The van der Waals surface area contributed by atoms with Crippen LogP contribution in [0.5, 0.6) is 0 Å². The predicted octanol–water partition coefficient (Wildman–Crippen LogP) is 2.46. The standard InChI is InChI=1S/C11H12BrN3S/c1-11(7-4-3-5-8(12)6-7)9(16)15(2)10(13)14-11/h3-6H,1-2H3,(H2,13,14). The van der Waals surface area contributed by atoms with Crippen molar-refractivity contribution in [2.45, 2.75) is 12.5 Å². The Morgan fingerprint density at radius 3 is 2.69 bits per heavy atom. The molecule has 1 unspecified atom stereocenters. The smallest absolute Gasteiger partial charge is 0.196 e. The molecule has 1 aromatic rings. The van der Waals surface area contributed by atoms with E-state index >= 15 is 0 Å². The minimum Gasteiger partial charge on any atom is -0.340 e. The van der Waals surface area contributed by atoms with Crippen molar-refractivity contribution in [3.8, 4) is 0 Å². The van der Waals surface area contributed by atoms with Crippen LogP contribution in [0.3, 0.4) is 0 Å². The van der Waals surface area contributed by atoms with Crippen molar-refractivity contribution in [3.05, 3.63) is 34.3 Å². The third-order valence-electron chi connectivity index (χ3n) is 2.84. The van der Waals surface area contributed by atoms with Gasteiger partial charge in [0.1, 0.15) is 10.5 Å². The minimum absolute atomic E-state index is 0.340. The lowest BCUT2D eigenvalue weighted by atomic mass is 9.93. The Morgan fingerprint density at radius 1 is 1.50 bits per heavy atom. The maximum atomic E-state index is 7.76. The summed E-state index contributed by atoms with van der Waals surface area (Å²) >= 11 is 8.83. The highest BCUT2D eigenvalue weighted by Crippen LogP contribution is 2.30. The van der Waals surface area contributed by atoms with Gasteiger partial charge in [-0.25, -0.2) is 0 Å². The normalized spacial score (nSPS) is 24.8. The number of hydrogen-bond acceptors (Lipinski definition) is 2. The van der Waals surface area contributed by atoms with Gasteiger partial charge in [-0.05, 0) is 24.6 Å². The predicted molar refractivity (Wildman–Crippen MR) is 72.7 cm³/mol.